The molecule has 0 aromatic carbocycles. The average Bonchev–Trinajstić information content (AvgIpc) is 2.50. The van der Waals surface area contributed by atoms with E-state index in [1.807, 2.05) is 6.92 Å². The number of ether oxygens (including phenoxy) is 1. The number of aliphatic hydroxyl groups excluding tert-OH is 2. The molecule has 2 aliphatic rings. The molecule has 1 amide bonds. The van der Waals surface area contributed by atoms with Crippen molar-refractivity contribution in [3.05, 3.63) is 12.2 Å². The number of hydrogen-bond acceptors (Lipinski definition) is 4. The Morgan fingerprint density at radius 1 is 1.48 bits per heavy atom. The molecular weight excluding hydrogens is 294 g/mol. The van der Waals surface area contributed by atoms with Crippen LogP contribution in [-0.4, -0.2) is 59.5 Å². The maximum atomic E-state index is 13.0. The second-order valence-corrected chi connectivity index (χ2v) is 7.61. The van der Waals surface area contributed by atoms with Crippen molar-refractivity contribution in [3.63, 3.8) is 0 Å². The Balaban J connectivity index is 2.02. The lowest BCUT2D eigenvalue weighted by atomic mass is 9.67. The molecule has 5 unspecified atom stereocenters. The van der Waals surface area contributed by atoms with Crippen molar-refractivity contribution in [2.75, 3.05) is 20.2 Å². The topological polar surface area (TPSA) is 70.0 Å². The molecule has 2 fully saturated rings. The van der Waals surface area contributed by atoms with Crippen LogP contribution in [0.15, 0.2) is 12.2 Å². The molecule has 2 rings (SSSR count). The van der Waals surface area contributed by atoms with Crippen molar-refractivity contribution in [2.45, 2.75) is 64.3 Å². The van der Waals surface area contributed by atoms with Crippen LogP contribution < -0.4 is 0 Å². The third-order valence-electron chi connectivity index (χ3n) is 5.37. The first-order chi connectivity index (χ1) is 10.8. The van der Waals surface area contributed by atoms with Gasteiger partial charge in [0.2, 0.25) is 5.91 Å². The van der Waals surface area contributed by atoms with Crippen molar-refractivity contribution in [1.82, 2.24) is 4.90 Å². The number of amides is 1. The Morgan fingerprint density at radius 2 is 2.17 bits per heavy atom. The summed E-state index contributed by atoms with van der Waals surface area (Å²) in [5.41, 5.74) is 0.722. The van der Waals surface area contributed by atoms with Crippen LogP contribution in [0.2, 0.25) is 0 Å². The van der Waals surface area contributed by atoms with E-state index in [2.05, 4.69) is 13.5 Å². The van der Waals surface area contributed by atoms with Gasteiger partial charge in [-0.15, -0.1) is 0 Å². The number of rotatable bonds is 4. The normalized spacial score (nSPS) is 38.4. The number of aliphatic hydroxyl groups is 2. The van der Waals surface area contributed by atoms with E-state index in [0.717, 1.165) is 31.3 Å². The zero-order valence-corrected chi connectivity index (χ0v) is 14.6. The minimum Gasteiger partial charge on any atom is -0.390 e. The first-order valence-electron chi connectivity index (χ1n) is 8.66. The van der Waals surface area contributed by atoms with E-state index in [0.29, 0.717) is 25.5 Å². The van der Waals surface area contributed by atoms with Crippen molar-refractivity contribution in [1.29, 1.82) is 0 Å². The summed E-state index contributed by atoms with van der Waals surface area (Å²) < 4.78 is 5.54. The van der Waals surface area contributed by atoms with E-state index in [9.17, 15) is 15.0 Å². The van der Waals surface area contributed by atoms with Gasteiger partial charge in [-0.25, -0.2) is 0 Å². The zero-order chi connectivity index (χ0) is 17.2. The fourth-order valence-electron chi connectivity index (χ4n) is 4.10. The summed E-state index contributed by atoms with van der Waals surface area (Å²) >= 11 is 0. The van der Waals surface area contributed by atoms with Crippen molar-refractivity contribution >= 4 is 5.91 Å². The molecule has 5 atom stereocenters. The number of carbonyl (C=O) groups excluding carboxylic acids is 1. The lowest BCUT2D eigenvalue weighted by Crippen LogP contribution is -2.52. The smallest absolute Gasteiger partial charge is 0.228 e. The average molecular weight is 325 g/mol. The van der Waals surface area contributed by atoms with Crippen LogP contribution in [0.1, 0.15) is 46.0 Å². The molecule has 1 heterocycles. The van der Waals surface area contributed by atoms with Crippen molar-refractivity contribution in [2.24, 2.45) is 11.3 Å². The van der Waals surface area contributed by atoms with Gasteiger partial charge < -0.3 is 19.8 Å². The Labute approximate surface area is 139 Å². The Bertz CT molecular complexity index is 452. The highest BCUT2D eigenvalue weighted by atomic mass is 16.5. The summed E-state index contributed by atoms with van der Waals surface area (Å²) in [5.74, 6) is 0.588. The van der Waals surface area contributed by atoms with Gasteiger partial charge in [0.15, 0.2) is 0 Å². The monoisotopic (exact) mass is 325 g/mol. The maximum absolute atomic E-state index is 13.0. The first kappa shape index (κ1) is 18.4. The van der Waals surface area contributed by atoms with Crippen LogP contribution >= 0.6 is 0 Å². The fraction of sp³-hybridized carbons (Fsp3) is 0.833. The zero-order valence-electron chi connectivity index (χ0n) is 14.6. The van der Waals surface area contributed by atoms with Gasteiger partial charge in [0, 0.05) is 20.2 Å². The summed E-state index contributed by atoms with van der Waals surface area (Å²) in [7, 11) is 1.75. The molecule has 0 spiro atoms. The number of nitrogens with zero attached hydrogens (tertiary/aromatic N) is 1. The van der Waals surface area contributed by atoms with E-state index < -0.39 is 23.7 Å². The molecule has 2 N–H and O–H groups in total. The minimum atomic E-state index is -0.934. The lowest BCUT2D eigenvalue weighted by Gasteiger charge is -2.41. The molecule has 0 bridgehead atoms. The van der Waals surface area contributed by atoms with Crippen LogP contribution in [0.5, 0.6) is 0 Å². The Hall–Kier alpha value is -0.910. The van der Waals surface area contributed by atoms with Gasteiger partial charge >= 0.3 is 0 Å². The van der Waals surface area contributed by atoms with Gasteiger partial charge in [-0.3, -0.25) is 4.79 Å². The van der Waals surface area contributed by atoms with Crippen LogP contribution in [0, 0.1) is 11.3 Å². The van der Waals surface area contributed by atoms with Gasteiger partial charge in [-0.1, -0.05) is 32.4 Å². The molecule has 1 aliphatic carbocycles. The maximum Gasteiger partial charge on any atom is 0.228 e. The minimum absolute atomic E-state index is 0.0765. The van der Waals surface area contributed by atoms with Gasteiger partial charge in [0.05, 0.1) is 11.5 Å². The van der Waals surface area contributed by atoms with Gasteiger partial charge in [0.25, 0.3) is 0 Å². The summed E-state index contributed by atoms with van der Waals surface area (Å²) in [5, 5.41) is 19.8. The quantitative estimate of drug-likeness (QED) is 0.772. The molecular formula is C18H31NO4. The molecule has 0 radical (unpaired) electrons. The van der Waals surface area contributed by atoms with E-state index in [-0.39, 0.29) is 5.91 Å². The molecule has 0 aromatic heterocycles. The van der Waals surface area contributed by atoms with Crippen LogP contribution in [-0.2, 0) is 9.53 Å². The Morgan fingerprint density at radius 3 is 2.83 bits per heavy atom. The SMILES string of the molecule is C=C1CC(CC)CC(C)(C(=O)N(C)CC2OCCC(O)C2O)C1. The largest absolute Gasteiger partial charge is 0.390 e. The number of allylic oxidation sites excluding steroid dienone is 1. The highest BCUT2D eigenvalue weighted by molar-refractivity contribution is 5.82. The van der Waals surface area contributed by atoms with Crippen LogP contribution in [0.3, 0.4) is 0 Å². The molecule has 1 saturated heterocycles. The van der Waals surface area contributed by atoms with E-state index in [1.165, 1.54) is 0 Å². The van der Waals surface area contributed by atoms with E-state index in [1.54, 1.807) is 11.9 Å². The predicted molar refractivity (Wildman–Crippen MR) is 88.9 cm³/mol. The molecule has 1 aliphatic heterocycles. The van der Waals surface area contributed by atoms with Gasteiger partial charge in [-0.2, -0.15) is 0 Å². The van der Waals surface area contributed by atoms with Crippen LogP contribution in [0.4, 0.5) is 0 Å². The summed E-state index contributed by atoms with van der Waals surface area (Å²) in [4.78, 5) is 14.6. The summed E-state index contributed by atoms with van der Waals surface area (Å²) in [6.45, 7) is 9.01. The molecule has 5 heteroatoms. The second kappa shape index (κ2) is 7.32. The van der Waals surface area contributed by atoms with Crippen LogP contribution in [0.25, 0.3) is 0 Å². The summed E-state index contributed by atoms with van der Waals surface area (Å²) in [6.07, 6.45) is 1.88. The third kappa shape index (κ3) is 4.14. The molecule has 0 aromatic rings. The fourth-order valence-corrected chi connectivity index (χ4v) is 4.10. The number of likely N-dealkylation sites (N-methyl/N-ethyl adjacent to an activating group) is 1. The first-order valence-corrected chi connectivity index (χ1v) is 8.66. The standard InChI is InChI=1S/C18H31NO4/c1-5-13-8-12(2)9-18(3,10-13)17(22)19(4)11-15-16(21)14(20)6-7-23-15/h13-16,20-21H,2,5-11H2,1,3-4H3. The van der Waals surface area contributed by atoms with Gasteiger partial charge in [-0.05, 0) is 31.6 Å². The second-order valence-electron chi connectivity index (χ2n) is 7.61. The van der Waals surface area contributed by atoms with E-state index >= 15 is 0 Å². The molecule has 132 valence electrons. The number of carbonyl (C=O) groups is 1. The lowest BCUT2D eigenvalue weighted by molar-refractivity contribution is -0.156. The summed E-state index contributed by atoms with van der Waals surface area (Å²) in [6, 6.07) is 0. The van der Waals surface area contributed by atoms with Crippen molar-refractivity contribution < 1.29 is 19.7 Å². The predicted octanol–water partition coefficient (Wildman–Crippen LogP) is 1.73. The van der Waals surface area contributed by atoms with Gasteiger partial charge in [0.1, 0.15) is 12.2 Å². The number of hydrogen-bond donors (Lipinski definition) is 2. The molecule has 1 saturated carbocycles. The molecule has 23 heavy (non-hydrogen) atoms. The van der Waals surface area contributed by atoms with Crippen molar-refractivity contribution in [3.8, 4) is 0 Å². The Kier molecular flexibility index (Phi) is 5.87. The van der Waals surface area contributed by atoms with E-state index in [4.69, 9.17) is 4.74 Å². The third-order valence-corrected chi connectivity index (χ3v) is 5.37. The highest BCUT2D eigenvalue weighted by Crippen LogP contribution is 2.43. The molecule has 5 nitrogen and oxygen atoms in total. The highest BCUT2D eigenvalue weighted by Gasteiger charge is 2.42.